The van der Waals surface area contributed by atoms with Crippen molar-refractivity contribution in [2.45, 2.75) is 37.5 Å². The van der Waals surface area contributed by atoms with Gasteiger partial charge in [0.25, 0.3) is 0 Å². The normalized spacial score (nSPS) is 24.5. The van der Waals surface area contributed by atoms with Crippen molar-refractivity contribution in [3.63, 3.8) is 0 Å². The number of benzene rings is 1. The van der Waals surface area contributed by atoms with Crippen LogP contribution >= 0.6 is 0 Å². The summed E-state index contributed by atoms with van der Waals surface area (Å²) >= 11 is 0. The van der Waals surface area contributed by atoms with Gasteiger partial charge < -0.3 is 10.6 Å². The highest BCUT2D eigenvalue weighted by molar-refractivity contribution is 5.89. The van der Waals surface area contributed by atoms with E-state index in [2.05, 4.69) is 0 Å². The van der Waals surface area contributed by atoms with Crippen LogP contribution < -0.4 is 5.73 Å². The van der Waals surface area contributed by atoms with Crippen LogP contribution in [0.1, 0.15) is 37.7 Å². The fraction of sp³-hybridized carbons (Fsp3) is 0.588. The largest absolute Gasteiger partial charge is 0.342 e. The molecule has 1 saturated heterocycles. The van der Waals surface area contributed by atoms with Crippen LogP contribution in [0.25, 0.3) is 0 Å². The van der Waals surface area contributed by atoms with E-state index in [1.807, 2.05) is 11.0 Å². The number of nitrogens with two attached hydrogens (primary N) is 1. The van der Waals surface area contributed by atoms with Crippen LogP contribution in [0, 0.1) is 11.7 Å². The minimum absolute atomic E-state index is 0.182. The van der Waals surface area contributed by atoms with Crippen LogP contribution in [0.3, 0.4) is 0 Å². The van der Waals surface area contributed by atoms with Crippen molar-refractivity contribution in [2.24, 2.45) is 11.7 Å². The van der Waals surface area contributed by atoms with Crippen LogP contribution in [-0.4, -0.2) is 30.4 Å². The lowest BCUT2D eigenvalue weighted by atomic mass is 9.77. The predicted octanol–water partition coefficient (Wildman–Crippen LogP) is 2.44. The first kappa shape index (κ1) is 14.5. The molecule has 4 heteroatoms. The number of likely N-dealkylation sites (tertiary alicyclic amines) is 1. The number of hydrogen-bond acceptors (Lipinski definition) is 2. The standard InChI is InChI=1S/C17H23FN2O/c18-15-5-3-4-14(10-15)17(7-1-2-8-17)16(21)20-9-6-13(11-19)12-20/h3-5,10,13H,1-2,6-9,11-12,19H2. The Hall–Kier alpha value is -1.42. The topological polar surface area (TPSA) is 46.3 Å². The van der Waals surface area contributed by atoms with Crippen molar-refractivity contribution in [3.8, 4) is 0 Å². The minimum atomic E-state index is -0.508. The summed E-state index contributed by atoms with van der Waals surface area (Å²) in [6.45, 7) is 2.18. The van der Waals surface area contributed by atoms with E-state index in [1.165, 1.54) is 6.07 Å². The molecule has 2 aliphatic rings. The minimum Gasteiger partial charge on any atom is -0.342 e. The maximum absolute atomic E-state index is 13.6. The molecule has 0 bridgehead atoms. The van der Waals surface area contributed by atoms with Gasteiger partial charge in [-0.2, -0.15) is 0 Å². The van der Waals surface area contributed by atoms with E-state index in [-0.39, 0.29) is 11.7 Å². The van der Waals surface area contributed by atoms with Gasteiger partial charge in [-0.15, -0.1) is 0 Å². The van der Waals surface area contributed by atoms with E-state index in [4.69, 9.17) is 5.73 Å². The summed E-state index contributed by atoms with van der Waals surface area (Å²) in [7, 11) is 0. The summed E-state index contributed by atoms with van der Waals surface area (Å²) < 4.78 is 13.6. The van der Waals surface area contributed by atoms with Gasteiger partial charge >= 0.3 is 0 Å². The van der Waals surface area contributed by atoms with E-state index in [1.54, 1.807) is 12.1 Å². The zero-order valence-electron chi connectivity index (χ0n) is 12.4. The van der Waals surface area contributed by atoms with Crippen molar-refractivity contribution < 1.29 is 9.18 Å². The summed E-state index contributed by atoms with van der Waals surface area (Å²) in [5.74, 6) is 0.342. The highest BCUT2D eigenvalue weighted by Gasteiger charge is 2.46. The van der Waals surface area contributed by atoms with Gasteiger partial charge in [0.1, 0.15) is 5.82 Å². The van der Waals surface area contributed by atoms with E-state index in [0.717, 1.165) is 50.8 Å². The molecule has 0 radical (unpaired) electrons. The monoisotopic (exact) mass is 290 g/mol. The molecule has 1 atom stereocenters. The highest BCUT2D eigenvalue weighted by atomic mass is 19.1. The molecular weight excluding hydrogens is 267 g/mol. The Morgan fingerprint density at radius 3 is 2.76 bits per heavy atom. The fourth-order valence-electron chi connectivity index (χ4n) is 3.90. The molecule has 2 N–H and O–H groups in total. The van der Waals surface area contributed by atoms with Gasteiger partial charge in [-0.05, 0) is 49.4 Å². The summed E-state index contributed by atoms with van der Waals surface area (Å²) in [5, 5.41) is 0. The molecule has 1 aromatic carbocycles. The Bertz CT molecular complexity index is 525. The summed E-state index contributed by atoms with van der Waals surface area (Å²) in [4.78, 5) is 15.1. The first-order valence-electron chi connectivity index (χ1n) is 7.91. The average molecular weight is 290 g/mol. The molecule has 1 aromatic rings. The molecule has 0 spiro atoms. The van der Waals surface area contributed by atoms with Crippen molar-refractivity contribution >= 4 is 5.91 Å². The molecule has 114 valence electrons. The Morgan fingerprint density at radius 1 is 1.38 bits per heavy atom. The van der Waals surface area contributed by atoms with Crippen LogP contribution in [-0.2, 0) is 10.2 Å². The SMILES string of the molecule is NCC1CCN(C(=O)C2(c3cccc(F)c3)CCCC2)C1. The molecule has 1 heterocycles. The maximum atomic E-state index is 13.6. The van der Waals surface area contributed by atoms with Crippen molar-refractivity contribution in [3.05, 3.63) is 35.6 Å². The van der Waals surface area contributed by atoms with E-state index < -0.39 is 5.41 Å². The lowest BCUT2D eigenvalue weighted by Gasteiger charge is -2.33. The Morgan fingerprint density at radius 2 is 2.14 bits per heavy atom. The number of carbonyl (C=O) groups is 1. The number of amides is 1. The third-order valence-corrected chi connectivity index (χ3v) is 5.15. The van der Waals surface area contributed by atoms with Crippen molar-refractivity contribution in [1.29, 1.82) is 0 Å². The van der Waals surface area contributed by atoms with Crippen LogP contribution in [0.4, 0.5) is 4.39 Å². The van der Waals surface area contributed by atoms with Gasteiger partial charge in [0.2, 0.25) is 5.91 Å². The smallest absolute Gasteiger partial charge is 0.233 e. The van der Waals surface area contributed by atoms with Crippen LogP contribution in [0.15, 0.2) is 24.3 Å². The molecule has 1 saturated carbocycles. The summed E-state index contributed by atoms with van der Waals surface area (Å²) in [6, 6.07) is 6.60. The van der Waals surface area contributed by atoms with E-state index in [9.17, 15) is 9.18 Å². The highest BCUT2D eigenvalue weighted by Crippen LogP contribution is 2.43. The fourth-order valence-corrected chi connectivity index (χ4v) is 3.90. The second-order valence-electron chi connectivity index (χ2n) is 6.44. The van der Waals surface area contributed by atoms with Gasteiger partial charge in [0.05, 0.1) is 5.41 Å². The quantitative estimate of drug-likeness (QED) is 0.929. The molecule has 2 fully saturated rings. The zero-order valence-corrected chi connectivity index (χ0v) is 12.4. The number of halogens is 1. The number of rotatable bonds is 3. The Labute approximate surface area is 125 Å². The number of nitrogens with zero attached hydrogens (tertiary/aromatic N) is 1. The molecule has 1 unspecified atom stereocenters. The van der Waals surface area contributed by atoms with Crippen molar-refractivity contribution in [2.75, 3.05) is 19.6 Å². The van der Waals surface area contributed by atoms with Gasteiger partial charge in [-0.25, -0.2) is 4.39 Å². The van der Waals surface area contributed by atoms with E-state index >= 15 is 0 Å². The van der Waals surface area contributed by atoms with E-state index in [0.29, 0.717) is 12.5 Å². The number of carbonyl (C=O) groups excluding carboxylic acids is 1. The molecular formula is C17H23FN2O. The summed E-state index contributed by atoms with van der Waals surface area (Å²) in [5.41, 5.74) is 6.07. The van der Waals surface area contributed by atoms with Crippen LogP contribution in [0.2, 0.25) is 0 Å². The third kappa shape index (κ3) is 2.57. The molecule has 0 aromatic heterocycles. The third-order valence-electron chi connectivity index (χ3n) is 5.15. The Kier molecular flexibility index (Phi) is 3.98. The molecule has 3 rings (SSSR count). The predicted molar refractivity (Wildman–Crippen MR) is 80.3 cm³/mol. The summed E-state index contributed by atoms with van der Waals surface area (Å²) in [6.07, 6.45) is 4.73. The van der Waals surface area contributed by atoms with Crippen LogP contribution in [0.5, 0.6) is 0 Å². The van der Waals surface area contributed by atoms with Crippen molar-refractivity contribution in [1.82, 2.24) is 4.90 Å². The molecule has 21 heavy (non-hydrogen) atoms. The lowest BCUT2D eigenvalue weighted by molar-refractivity contribution is -0.136. The number of hydrogen-bond donors (Lipinski definition) is 1. The lowest BCUT2D eigenvalue weighted by Crippen LogP contribution is -2.44. The molecule has 1 aliphatic carbocycles. The zero-order chi connectivity index (χ0) is 14.9. The maximum Gasteiger partial charge on any atom is 0.233 e. The van der Waals surface area contributed by atoms with Gasteiger partial charge in [0.15, 0.2) is 0 Å². The average Bonchev–Trinajstić information content (AvgIpc) is 3.16. The molecule has 1 amide bonds. The second kappa shape index (κ2) is 5.76. The molecule has 1 aliphatic heterocycles. The Balaban J connectivity index is 1.89. The first-order valence-corrected chi connectivity index (χ1v) is 7.91. The first-order chi connectivity index (χ1) is 10.2. The van der Waals surface area contributed by atoms with Gasteiger partial charge in [0, 0.05) is 13.1 Å². The molecule has 3 nitrogen and oxygen atoms in total. The van der Waals surface area contributed by atoms with Gasteiger partial charge in [-0.3, -0.25) is 4.79 Å². The van der Waals surface area contributed by atoms with Gasteiger partial charge in [-0.1, -0.05) is 25.0 Å². The second-order valence-corrected chi connectivity index (χ2v) is 6.44.